The van der Waals surface area contributed by atoms with Gasteiger partial charge in [-0.1, -0.05) is 12.1 Å². The van der Waals surface area contributed by atoms with E-state index in [-0.39, 0.29) is 24.2 Å². The molecule has 6 N–H and O–H groups in total. The highest BCUT2D eigenvalue weighted by atomic mass is 16.8. The Labute approximate surface area is 207 Å². The number of hydrogen-bond acceptors (Lipinski definition) is 11. The van der Waals surface area contributed by atoms with E-state index >= 15 is 0 Å². The second-order valence-electron chi connectivity index (χ2n) is 9.38. The van der Waals surface area contributed by atoms with Crippen molar-refractivity contribution in [2.45, 2.75) is 56.4 Å². The quantitative estimate of drug-likeness (QED) is 0.209. The third kappa shape index (κ3) is 5.42. The summed E-state index contributed by atoms with van der Waals surface area (Å²) in [4.78, 5) is 12.6. The Hall–Kier alpha value is -2.51. The maximum absolute atomic E-state index is 12.6. The second kappa shape index (κ2) is 11.3. The standard InChI is InChI=1S/C25H32O11/c1-12-11-33-24(36-25-23(32)22(31)21(30)17(10-27)35-25)20-14(9-26)8-16(19(12)20)34-18(29)7-4-13-2-5-15(28)6-3-13/h2-7,11,14,16-17,19-28,30-32H,8-10H2,1H3/b7-4-/t14-,16-,17-,19-,20+,21-,22+,23-,24-,25+/m0/s1. The molecule has 0 bridgehead atoms. The molecule has 0 radical (unpaired) electrons. The fourth-order valence-electron chi connectivity index (χ4n) is 5.17. The summed E-state index contributed by atoms with van der Waals surface area (Å²) >= 11 is 0. The molecule has 0 amide bonds. The number of ether oxygens (including phenoxy) is 4. The van der Waals surface area contributed by atoms with Gasteiger partial charge in [0.15, 0.2) is 6.29 Å². The molecule has 0 unspecified atom stereocenters. The van der Waals surface area contributed by atoms with Gasteiger partial charge in [0.1, 0.15) is 36.3 Å². The van der Waals surface area contributed by atoms with E-state index in [1.54, 1.807) is 18.2 Å². The van der Waals surface area contributed by atoms with Crippen molar-refractivity contribution in [3.05, 3.63) is 47.7 Å². The minimum atomic E-state index is -1.61. The first-order valence-corrected chi connectivity index (χ1v) is 11.8. The molecular formula is C25H32O11. The van der Waals surface area contributed by atoms with E-state index in [0.717, 1.165) is 5.57 Å². The highest BCUT2D eigenvalue weighted by Crippen LogP contribution is 2.48. The van der Waals surface area contributed by atoms with E-state index in [4.69, 9.17) is 18.9 Å². The van der Waals surface area contributed by atoms with Gasteiger partial charge in [-0.25, -0.2) is 4.79 Å². The maximum Gasteiger partial charge on any atom is 0.331 e. The van der Waals surface area contributed by atoms with Crippen LogP contribution >= 0.6 is 0 Å². The first-order chi connectivity index (χ1) is 17.2. The lowest BCUT2D eigenvalue weighted by Crippen LogP contribution is -2.60. The molecule has 2 heterocycles. The van der Waals surface area contributed by atoms with Crippen LogP contribution in [0.5, 0.6) is 5.75 Å². The van der Waals surface area contributed by atoms with Gasteiger partial charge in [0.05, 0.1) is 12.9 Å². The zero-order valence-corrected chi connectivity index (χ0v) is 19.7. The maximum atomic E-state index is 12.6. The minimum Gasteiger partial charge on any atom is -0.508 e. The molecule has 11 heteroatoms. The van der Waals surface area contributed by atoms with Gasteiger partial charge in [0.2, 0.25) is 6.29 Å². The van der Waals surface area contributed by atoms with Crippen molar-refractivity contribution in [3.63, 3.8) is 0 Å². The number of esters is 1. The lowest BCUT2D eigenvalue weighted by molar-refractivity contribution is -0.343. The highest BCUT2D eigenvalue weighted by molar-refractivity contribution is 5.87. The monoisotopic (exact) mass is 508 g/mol. The first kappa shape index (κ1) is 26.6. The third-order valence-corrected chi connectivity index (χ3v) is 7.05. The SMILES string of the molecule is CC1=CO[C@@H](O[C@H]2O[C@@H](CO)[C@H](O)[C@@H](O)[C@@H]2O)[C@@H]2[C@H](CO)C[C@H](OC(=O)/C=C\c3ccc(O)cc3)[C@H]12. The van der Waals surface area contributed by atoms with Gasteiger partial charge >= 0.3 is 5.97 Å². The summed E-state index contributed by atoms with van der Waals surface area (Å²) < 4.78 is 22.7. The van der Waals surface area contributed by atoms with Gasteiger partial charge in [-0.2, -0.15) is 0 Å². The first-order valence-electron chi connectivity index (χ1n) is 11.8. The van der Waals surface area contributed by atoms with Crippen molar-refractivity contribution >= 4 is 12.0 Å². The average Bonchev–Trinajstić information content (AvgIpc) is 3.24. The highest BCUT2D eigenvalue weighted by Gasteiger charge is 2.54. The van der Waals surface area contributed by atoms with Crippen molar-refractivity contribution < 1.29 is 54.4 Å². The van der Waals surface area contributed by atoms with Crippen LogP contribution in [0.1, 0.15) is 18.9 Å². The van der Waals surface area contributed by atoms with Gasteiger partial charge in [0, 0.05) is 24.5 Å². The van der Waals surface area contributed by atoms with Crippen LogP contribution in [0.3, 0.4) is 0 Å². The summed E-state index contributed by atoms with van der Waals surface area (Å²) in [6.07, 6.45) is -4.24. The van der Waals surface area contributed by atoms with Crippen LogP contribution in [0.2, 0.25) is 0 Å². The topological polar surface area (TPSA) is 175 Å². The number of aliphatic hydroxyl groups is 5. The number of rotatable bonds is 7. The normalized spacial score (nSPS) is 38.3. The largest absolute Gasteiger partial charge is 0.508 e. The van der Waals surface area contributed by atoms with Gasteiger partial charge in [0.25, 0.3) is 0 Å². The van der Waals surface area contributed by atoms with Crippen LogP contribution in [0.4, 0.5) is 0 Å². The Bertz CT molecular complexity index is 959. The molecule has 2 aliphatic heterocycles. The van der Waals surface area contributed by atoms with Crippen molar-refractivity contribution in [3.8, 4) is 5.75 Å². The molecule has 198 valence electrons. The van der Waals surface area contributed by atoms with E-state index in [9.17, 15) is 35.4 Å². The molecule has 1 saturated heterocycles. The number of carbonyl (C=O) groups is 1. The van der Waals surface area contributed by atoms with E-state index in [1.165, 1.54) is 24.5 Å². The predicted octanol–water partition coefficient (Wildman–Crippen LogP) is -0.362. The lowest BCUT2D eigenvalue weighted by Gasteiger charge is -2.43. The molecular weight excluding hydrogens is 476 g/mol. The van der Waals surface area contributed by atoms with E-state index in [0.29, 0.717) is 12.0 Å². The molecule has 10 atom stereocenters. The van der Waals surface area contributed by atoms with Crippen LogP contribution in [0.25, 0.3) is 6.08 Å². The number of fused-ring (bicyclic) bond motifs is 1. The number of hydrogen-bond donors (Lipinski definition) is 6. The smallest absolute Gasteiger partial charge is 0.331 e. The summed E-state index contributed by atoms with van der Waals surface area (Å²) in [7, 11) is 0. The number of phenols is 1. The van der Waals surface area contributed by atoms with Gasteiger partial charge in [-0.3, -0.25) is 0 Å². The van der Waals surface area contributed by atoms with Crippen molar-refractivity contribution in [2.75, 3.05) is 13.2 Å². The number of benzene rings is 1. The zero-order chi connectivity index (χ0) is 26.0. The van der Waals surface area contributed by atoms with Crippen molar-refractivity contribution in [2.24, 2.45) is 17.8 Å². The summed E-state index contributed by atoms with van der Waals surface area (Å²) in [6, 6.07) is 6.31. The molecule has 0 aromatic heterocycles. The van der Waals surface area contributed by atoms with Crippen LogP contribution in [0, 0.1) is 17.8 Å². The average molecular weight is 509 g/mol. The number of carbonyl (C=O) groups excluding carboxylic acids is 1. The van der Waals surface area contributed by atoms with Gasteiger partial charge in [-0.15, -0.1) is 0 Å². The fraction of sp³-hybridized carbons (Fsp3) is 0.560. The molecule has 2 fully saturated rings. The Balaban J connectivity index is 1.47. The van der Waals surface area contributed by atoms with Gasteiger partial charge in [-0.05, 0) is 48.6 Å². The molecule has 1 aliphatic carbocycles. The van der Waals surface area contributed by atoms with E-state index < -0.39 is 61.6 Å². The summed E-state index contributed by atoms with van der Waals surface area (Å²) in [6.45, 7) is 0.981. The Morgan fingerprint density at radius 3 is 2.44 bits per heavy atom. The third-order valence-electron chi connectivity index (χ3n) is 7.05. The number of phenolic OH excluding ortho intramolecular Hbond substituents is 1. The van der Waals surface area contributed by atoms with Crippen LogP contribution < -0.4 is 0 Å². The van der Waals surface area contributed by atoms with E-state index in [1.807, 2.05) is 6.92 Å². The molecule has 3 aliphatic rings. The van der Waals surface area contributed by atoms with Crippen LogP contribution in [-0.2, 0) is 23.7 Å². The van der Waals surface area contributed by atoms with Crippen LogP contribution in [-0.4, -0.2) is 92.9 Å². The predicted molar refractivity (Wildman–Crippen MR) is 123 cm³/mol. The molecule has 4 rings (SSSR count). The van der Waals surface area contributed by atoms with E-state index in [2.05, 4.69) is 0 Å². The number of aliphatic hydroxyl groups excluding tert-OH is 5. The van der Waals surface area contributed by atoms with Crippen molar-refractivity contribution in [1.29, 1.82) is 0 Å². The molecule has 36 heavy (non-hydrogen) atoms. The summed E-state index contributed by atoms with van der Waals surface area (Å²) in [5, 5.41) is 59.3. The molecule has 0 spiro atoms. The number of aromatic hydroxyl groups is 1. The van der Waals surface area contributed by atoms with Gasteiger partial charge < -0.3 is 49.6 Å². The zero-order valence-electron chi connectivity index (χ0n) is 19.7. The summed E-state index contributed by atoms with van der Waals surface area (Å²) in [5.41, 5.74) is 1.49. The molecule has 1 aromatic rings. The minimum absolute atomic E-state index is 0.115. The molecule has 1 aromatic carbocycles. The Kier molecular flexibility index (Phi) is 8.30. The molecule has 11 nitrogen and oxygen atoms in total. The summed E-state index contributed by atoms with van der Waals surface area (Å²) in [5.74, 6) is -1.64. The lowest BCUT2D eigenvalue weighted by atomic mass is 9.83. The second-order valence-corrected chi connectivity index (χ2v) is 9.38. The fourth-order valence-corrected chi connectivity index (χ4v) is 5.17. The molecule has 1 saturated carbocycles. The Morgan fingerprint density at radius 1 is 1.06 bits per heavy atom. The Morgan fingerprint density at radius 2 is 1.78 bits per heavy atom. The van der Waals surface area contributed by atoms with Crippen LogP contribution in [0.15, 0.2) is 42.2 Å². The van der Waals surface area contributed by atoms with Crippen molar-refractivity contribution in [1.82, 2.24) is 0 Å².